The van der Waals surface area contributed by atoms with E-state index in [2.05, 4.69) is 0 Å². The summed E-state index contributed by atoms with van der Waals surface area (Å²) in [6.07, 6.45) is 1.48. The van der Waals surface area contributed by atoms with Crippen molar-refractivity contribution in [2.75, 3.05) is 0 Å². The van der Waals surface area contributed by atoms with Crippen molar-refractivity contribution in [1.82, 2.24) is 0 Å². The van der Waals surface area contributed by atoms with Gasteiger partial charge in [-0.25, -0.2) is 0 Å². The summed E-state index contributed by atoms with van der Waals surface area (Å²) in [5.41, 5.74) is 5.16. The predicted molar refractivity (Wildman–Crippen MR) is 32.9 cm³/mol. The van der Waals surface area contributed by atoms with Crippen LogP contribution in [-0.2, 0) is 32.7 Å². The monoisotopic (exact) mass is 227 g/mol. The SMILES string of the molecule is C[C-](N)C=C(Cl)Cl.[Y]. The standard InChI is InChI=1S/C4H6Cl2N.Y/c1-3(7)2-4(5)6;/h2H,7H2,1H3;/q-1;. The molecule has 8 heavy (non-hydrogen) atoms. The summed E-state index contributed by atoms with van der Waals surface area (Å²) >= 11 is 10.4. The van der Waals surface area contributed by atoms with Crippen LogP contribution in [0.25, 0.3) is 0 Å². The molecule has 0 bridgehead atoms. The van der Waals surface area contributed by atoms with Gasteiger partial charge in [0.15, 0.2) is 0 Å². The molecule has 0 saturated heterocycles. The van der Waals surface area contributed by atoms with E-state index in [1.54, 1.807) is 6.92 Å². The van der Waals surface area contributed by atoms with Gasteiger partial charge in [0.25, 0.3) is 0 Å². The van der Waals surface area contributed by atoms with Crippen LogP contribution < -0.4 is 5.73 Å². The van der Waals surface area contributed by atoms with Gasteiger partial charge in [-0.05, 0) is 4.49 Å². The molecule has 0 amide bonds. The zero-order chi connectivity index (χ0) is 5.86. The molecular weight excluding hydrogens is 222 g/mol. The van der Waals surface area contributed by atoms with E-state index in [1.807, 2.05) is 0 Å². The second kappa shape index (κ2) is 6.38. The summed E-state index contributed by atoms with van der Waals surface area (Å²) in [5, 5.41) is 0. The summed E-state index contributed by atoms with van der Waals surface area (Å²) in [4.78, 5) is 0. The van der Waals surface area contributed by atoms with Crippen molar-refractivity contribution in [2.24, 2.45) is 5.73 Å². The first-order valence-electron chi connectivity index (χ1n) is 1.74. The van der Waals surface area contributed by atoms with E-state index in [9.17, 15) is 0 Å². The van der Waals surface area contributed by atoms with Crippen molar-refractivity contribution < 1.29 is 32.7 Å². The molecule has 0 aromatic carbocycles. The van der Waals surface area contributed by atoms with Crippen LogP contribution in [0.1, 0.15) is 6.92 Å². The summed E-state index contributed by atoms with van der Waals surface area (Å²) in [6.45, 7) is 1.71. The zero-order valence-corrected chi connectivity index (χ0v) is 8.84. The van der Waals surface area contributed by atoms with Gasteiger partial charge in [-0.15, -0.1) is 0 Å². The minimum absolute atomic E-state index is 0. The average Bonchev–Trinajstić information content (AvgIpc) is 1.27. The van der Waals surface area contributed by atoms with Crippen molar-refractivity contribution in [2.45, 2.75) is 6.92 Å². The fourth-order valence-electron chi connectivity index (χ4n) is 0.172. The first-order chi connectivity index (χ1) is 3.13. The molecule has 0 heterocycles. The maximum absolute atomic E-state index is 5.20. The van der Waals surface area contributed by atoms with Crippen molar-refractivity contribution in [1.29, 1.82) is 0 Å². The van der Waals surface area contributed by atoms with E-state index in [0.29, 0.717) is 6.04 Å². The molecule has 0 spiro atoms. The normalized spacial score (nSPS) is 7.00. The summed E-state index contributed by atoms with van der Waals surface area (Å²) in [5.74, 6) is 0. The number of nitrogens with two attached hydrogens (primary N) is 1. The summed E-state index contributed by atoms with van der Waals surface area (Å²) in [6, 6.07) is 0.611. The summed E-state index contributed by atoms with van der Waals surface area (Å²) < 4.78 is 0.194. The maximum Gasteiger partial charge on any atom is 0 e. The Bertz CT molecular complexity index is 78.1. The maximum atomic E-state index is 5.20. The van der Waals surface area contributed by atoms with Gasteiger partial charge in [0.1, 0.15) is 0 Å². The molecule has 0 aliphatic rings. The van der Waals surface area contributed by atoms with Gasteiger partial charge in [-0.3, -0.25) is 0 Å². The van der Waals surface area contributed by atoms with Gasteiger partial charge in [0.2, 0.25) is 0 Å². The first-order valence-corrected chi connectivity index (χ1v) is 2.50. The Kier molecular flexibility index (Phi) is 9.55. The second-order valence-electron chi connectivity index (χ2n) is 1.18. The van der Waals surface area contributed by atoms with E-state index >= 15 is 0 Å². The van der Waals surface area contributed by atoms with Gasteiger partial charge in [0, 0.05) is 32.7 Å². The van der Waals surface area contributed by atoms with Crippen molar-refractivity contribution in [3.8, 4) is 0 Å². The molecular formula is C4H6Cl2NY-. The fourth-order valence-corrected chi connectivity index (χ4v) is 0.516. The zero-order valence-electron chi connectivity index (χ0n) is 4.49. The molecule has 0 aromatic rings. The number of halogens is 2. The Morgan fingerprint density at radius 3 is 2.00 bits per heavy atom. The van der Waals surface area contributed by atoms with E-state index < -0.39 is 0 Å². The van der Waals surface area contributed by atoms with Crippen molar-refractivity contribution in [3.63, 3.8) is 0 Å². The van der Waals surface area contributed by atoms with Crippen molar-refractivity contribution >= 4 is 23.2 Å². The van der Waals surface area contributed by atoms with Gasteiger partial charge >= 0.3 is 0 Å². The topological polar surface area (TPSA) is 26.0 Å². The van der Waals surface area contributed by atoms with Crippen molar-refractivity contribution in [3.05, 3.63) is 16.6 Å². The van der Waals surface area contributed by atoms with Crippen LogP contribution in [0.2, 0.25) is 0 Å². The summed E-state index contributed by atoms with van der Waals surface area (Å²) in [7, 11) is 0. The third-order valence-electron chi connectivity index (χ3n) is 0.337. The minimum atomic E-state index is 0. The van der Waals surface area contributed by atoms with Gasteiger partial charge in [-0.1, -0.05) is 6.92 Å². The van der Waals surface area contributed by atoms with Crippen LogP contribution >= 0.6 is 23.2 Å². The number of hydrogen-bond acceptors (Lipinski definition) is 1. The molecule has 0 saturated carbocycles. The molecule has 4 heteroatoms. The molecule has 1 radical (unpaired) electrons. The molecule has 0 fully saturated rings. The third kappa shape index (κ3) is 10.3. The Hall–Kier alpha value is 1.25. The molecule has 0 aliphatic heterocycles. The van der Waals surface area contributed by atoms with Gasteiger partial charge in [0.05, 0.1) is 0 Å². The quantitative estimate of drug-likeness (QED) is 0.680. The van der Waals surface area contributed by atoms with Crippen LogP contribution in [0.3, 0.4) is 0 Å². The van der Waals surface area contributed by atoms with Gasteiger partial charge < -0.3 is 5.73 Å². The Morgan fingerprint density at radius 1 is 1.62 bits per heavy atom. The largest absolute Gasteiger partial charge is 0.384 e. The minimum Gasteiger partial charge on any atom is -0.384 e. The predicted octanol–water partition coefficient (Wildman–Crippen LogP) is 1.81. The van der Waals surface area contributed by atoms with E-state index in [4.69, 9.17) is 28.9 Å². The van der Waals surface area contributed by atoms with Crippen LogP contribution in [-0.4, -0.2) is 0 Å². The molecule has 45 valence electrons. The van der Waals surface area contributed by atoms with Crippen LogP contribution in [0.5, 0.6) is 0 Å². The van der Waals surface area contributed by atoms with Crippen LogP contribution in [0.4, 0.5) is 0 Å². The average molecular weight is 228 g/mol. The fraction of sp³-hybridized carbons (Fsp3) is 0.250. The van der Waals surface area contributed by atoms with Crippen LogP contribution in [0.15, 0.2) is 10.6 Å². The Morgan fingerprint density at radius 2 is 2.00 bits per heavy atom. The first kappa shape index (κ1) is 12.0. The smallest absolute Gasteiger partial charge is 0 e. The third-order valence-corrected chi connectivity index (χ3v) is 0.555. The number of rotatable bonds is 1. The van der Waals surface area contributed by atoms with E-state index in [1.165, 1.54) is 6.08 Å². The molecule has 0 aliphatic carbocycles. The van der Waals surface area contributed by atoms with Crippen LogP contribution in [0, 0.1) is 6.04 Å². The van der Waals surface area contributed by atoms with E-state index in [-0.39, 0.29) is 37.2 Å². The molecule has 2 N–H and O–H groups in total. The molecule has 0 unspecified atom stereocenters. The second-order valence-corrected chi connectivity index (χ2v) is 2.19. The number of hydrogen-bond donors (Lipinski definition) is 1. The molecule has 1 nitrogen and oxygen atoms in total. The molecule has 0 atom stereocenters. The Labute approximate surface area is 84.5 Å². The molecule has 0 rings (SSSR count). The van der Waals surface area contributed by atoms with Gasteiger partial charge in [-0.2, -0.15) is 35.3 Å². The molecule has 0 aromatic heterocycles. The Balaban J connectivity index is 0. The van der Waals surface area contributed by atoms with E-state index in [0.717, 1.165) is 0 Å².